The number of pyridine rings is 2. The van der Waals surface area contributed by atoms with Crippen LogP contribution < -0.4 is 9.75 Å². The molecule has 7 aromatic rings. The lowest BCUT2D eigenvalue weighted by Crippen LogP contribution is -2.39. The van der Waals surface area contributed by atoms with E-state index in [1.165, 1.54) is 70.5 Å². The quantitative estimate of drug-likeness (QED) is 0.114. The number of fused-ring (bicyclic) bond motifs is 7. The maximum Gasteiger partial charge on any atom is 0.224 e. The summed E-state index contributed by atoms with van der Waals surface area (Å²) >= 11 is 0. The van der Waals surface area contributed by atoms with Crippen LogP contribution >= 0.6 is 0 Å². The van der Waals surface area contributed by atoms with Crippen LogP contribution in [0.2, 0.25) is 19.6 Å². The Morgan fingerprint density at radius 1 is 0.667 bits per heavy atom. The van der Waals surface area contributed by atoms with Crippen LogP contribution in [-0.4, -0.2) is 12.5 Å². The first-order chi connectivity index (χ1) is 15.9. The molecular formula is C30H27N2Si+. The molecule has 0 atom stereocenters. The highest BCUT2D eigenvalue weighted by Gasteiger charge is 2.28. The first kappa shape index (κ1) is 19.1. The molecule has 2 nitrogen and oxygen atoms in total. The predicted molar refractivity (Wildman–Crippen MR) is 145 cm³/mol. The van der Waals surface area contributed by atoms with Gasteiger partial charge in [-0.15, -0.1) is 0 Å². The molecule has 33 heavy (non-hydrogen) atoms. The van der Waals surface area contributed by atoms with Crippen molar-refractivity contribution in [1.82, 2.24) is 4.40 Å². The number of nitrogens with zero attached hydrogens (tertiary/aromatic N) is 2. The van der Waals surface area contributed by atoms with Gasteiger partial charge in [-0.25, -0.2) is 4.57 Å². The first-order valence-electron chi connectivity index (χ1n) is 11.8. The maximum absolute atomic E-state index is 2.54. The zero-order valence-corrected chi connectivity index (χ0v) is 20.8. The highest BCUT2D eigenvalue weighted by Crippen LogP contribution is 2.44. The van der Waals surface area contributed by atoms with Crippen molar-refractivity contribution in [3.05, 3.63) is 78.5 Å². The molecule has 3 heteroatoms. The van der Waals surface area contributed by atoms with Gasteiger partial charge in [0.15, 0.2) is 6.20 Å². The smallest absolute Gasteiger partial charge is 0.224 e. The fraction of sp³-hybridized carbons (Fsp3) is 0.167. The maximum atomic E-state index is 2.54. The van der Waals surface area contributed by atoms with Crippen molar-refractivity contribution in [2.45, 2.75) is 26.6 Å². The molecule has 3 aromatic heterocycles. The Hall–Kier alpha value is -3.43. The summed E-state index contributed by atoms with van der Waals surface area (Å²) in [5.74, 6) is 0. The molecule has 160 valence electrons. The highest BCUT2D eigenvalue weighted by molar-refractivity contribution is 6.90. The van der Waals surface area contributed by atoms with E-state index in [1.54, 1.807) is 0 Å². The van der Waals surface area contributed by atoms with Gasteiger partial charge in [0.05, 0.1) is 35.4 Å². The van der Waals surface area contributed by atoms with E-state index in [0.29, 0.717) is 0 Å². The third kappa shape index (κ3) is 2.25. The van der Waals surface area contributed by atoms with E-state index in [1.807, 2.05) is 0 Å². The lowest BCUT2D eigenvalue weighted by atomic mass is 9.94. The Balaban J connectivity index is 1.96. The summed E-state index contributed by atoms with van der Waals surface area (Å²) in [6.45, 7) is 9.67. The molecule has 0 saturated carbocycles. The molecule has 0 aliphatic heterocycles. The molecule has 0 aliphatic rings. The molecule has 0 saturated heterocycles. The summed E-state index contributed by atoms with van der Waals surface area (Å²) in [5, 5.41) is 11.1. The zero-order valence-electron chi connectivity index (χ0n) is 19.8. The molecule has 0 amide bonds. The van der Waals surface area contributed by atoms with Crippen molar-refractivity contribution in [3.63, 3.8) is 0 Å². The molecule has 0 spiro atoms. The molecule has 3 heterocycles. The van der Waals surface area contributed by atoms with Crippen LogP contribution in [0.15, 0.2) is 72.9 Å². The minimum absolute atomic E-state index is 1.30. The van der Waals surface area contributed by atoms with Crippen LogP contribution in [0.5, 0.6) is 0 Å². The zero-order chi connectivity index (χ0) is 22.6. The molecule has 4 aromatic carbocycles. The summed E-state index contributed by atoms with van der Waals surface area (Å²) in [6, 6.07) is 25.0. The van der Waals surface area contributed by atoms with Gasteiger partial charge in [0.1, 0.15) is 7.05 Å². The molecule has 0 N–H and O–H groups in total. The van der Waals surface area contributed by atoms with Crippen LogP contribution in [0.4, 0.5) is 0 Å². The summed E-state index contributed by atoms with van der Waals surface area (Å²) in [5.41, 5.74) is 6.68. The molecule has 7 rings (SSSR count). The minimum Gasteiger partial charge on any atom is -0.307 e. The van der Waals surface area contributed by atoms with E-state index in [4.69, 9.17) is 0 Å². The fourth-order valence-corrected chi connectivity index (χ4v) is 7.84. The average molecular weight is 444 g/mol. The van der Waals surface area contributed by atoms with E-state index in [2.05, 4.69) is 116 Å². The van der Waals surface area contributed by atoms with Crippen molar-refractivity contribution in [2.75, 3.05) is 0 Å². The Morgan fingerprint density at radius 2 is 1.36 bits per heavy atom. The van der Waals surface area contributed by atoms with Crippen molar-refractivity contribution < 1.29 is 4.57 Å². The molecule has 0 unspecified atom stereocenters. The second-order valence-corrected chi connectivity index (χ2v) is 15.6. The van der Waals surface area contributed by atoms with Crippen LogP contribution in [0.3, 0.4) is 0 Å². The van der Waals surface area contributed by atoms with Gasteiger partial charge in [-0.3, -0.25) is 0 Å². The topological polar surface area (TPSA) is 8.29 Å². The minimum atomic E-state index is -1.52. The van der Waals surface area contributed by atoms with Crippen LogP contribution in [0.25, 0.3) is 59.8 Å². The highest BCUT2D eigenvalue weighted by atomic mass is 28.3. The van der Waals surface area contributed by atoms with E-state index < -0.39 is 8.07 Å². The number of hydrogen-bond donors (Lipinski definition) is 0. The van der Waals surface area contributed by atoms with Gasteiger partial charge in [0.2, 0.25) is 5.52 Å². The Kier molecular flexibility index (Phi) is 3.54. The average Bonchev–Trinajstić information content (AvgIpc) is 3.15. The normalized spacial score (nSPS) is 13.0. The lowest BCUT2D eigenvalue weighted by molar-refractivity contribution is -0.643. The number of hydrogen-bond acceptors (Lipinski definition) is 0. The van der Waals surface area contributed by atoms with E-state index in [0.717, 1.165) is 0 Å². The Bertz CT molecular complexity index is 1920. The Labute approximate surface area is 194 Å². The van der Waals surface area contributed by atoms with Crippen LogP contribution in [0, 0.1) is 6.92 Å². The van der Waals surface area contributed by atoms with E-state index in [9.17, 15) is 0 Å². The third-order valence-corrected chi connectivity index (χ3v) is 9.70. The summed E-state index contributed by atoms with van der Waals surface area (Å²) in [7, 11) is 0.690. The molecule has 0 bridgehead atoms. The van der Waals surface area contributed by atoms with Crippen LogP contribution in [-0.2, 0) is 7.05 Å². The molecular weight excluding hydrogens is 416 g/mol. The van der Waals surface area contributed by atoms with E-state index in [-0.39, 0.29) is 0 Å². The second-order valence-electron chi connectivity index (χ2n) is 10.6. The number of rotatable bonds is 1. The van der Waals surface area contributed by atoms with Gasteiger partial charge in [-0.2, -0.15) is 0 Å². The standard InChI is InChI=1S/C30H27N2Si/c1-18-19-10-6-7-11-20(19)27-21-12-8-9-13-23(21)32-24-14-15-25(33(3,4)5)22-16-17-31(2)29(28(22)24)26(18)30(27)32/h6-17H,1-5H3/q+1. The molecule has 0 radical (unpaired) electrons. The predicted octanol–water partition coefficient (Wildman–Crippen LogP) is 6.82. The van der Waals surface area contributed by atoms with Crippen molar-refractivity contribution >= 4 is 73.0 Å². The largest absolute Gasteiger partial charge is 0.307 e. The van der Waals surface area contributed by atoms with Gasteiger partial charge in [0.25, 0.3) is 0 Å². The molecule has 0 fully saturated rings. The van der Waals surface area contributed by atoms with Gasteiger partial charge in [0, 0.05) is 16.8 Å². The van der Waals surface area contributed by atoms with Gasteiger partial charge >= 0.3 is 0 Å². The SMILES string of the molecule is Cc1c2ccccc2c2c3ccccc3n3c4ccc([Si](C)(C)C)c5cc[n+](C)c(c1c23)c54. The number of aryl methyl sites for hydroxylation is 2. The number of aromatic nitrogens is 2. The number of benzene rings is 4. The monoisotopic (exact) mass is 443 g/mol. The summed E-state index contributed by atoms with van der Waals surface area (Å²) in [4.78, 5) is 0. The summed E-state index contributed by atoms with van der Waals surface area (Å²) < 4.78 is 4.89. The molecule has 0 aliphatic carbocycles. The van der Waals surface area contributed by atoms with Gasteiger partial charge < -0.3 is 4.40 Å². The lowest BCUT2D eigenvalue weighted by Gasteiger charge is -2.21. The fourth-order valence-electron chi connectivity index (χ4n) is 6.24. The second kappa shape index (κ2) is 6.12. The third-order valence-electron chi connectivity index (χ3n) is 7.65. The van der Waals surface area contributed by atoms with Crippen molar-refractivity contribution in [3.8, 4) is 0 Å². The first-order valence-corrected chi connectivity index (χ1v) is 15.3. The van der Waals surface area contributed by atoms with Crippen LogP contribution in [0.1, 0.15) is 5.56 Å². The number of para-hydroxylation sites is 1. The Morgan fingerprint density at radius 3 is 2.12 bits per heavy atom. The van der Waals surface area contributed by atoms with E-state index >= 15 is 0 Å². The van der Waals surface area contributed by atoms with Gasteiger partial charge in [-0.05, 0) is 40.8 Å². The van der Waals surface area contributed by atoms with Crippen molar-refractivity contribution in [2.24, 2.45) is 7.05 Å². The van der Waals surface area contributed by atoms with Gasteiger partial charge in [-0.1, -0.05) is 73.4 Å². The summed E-state index contributed by atoms with van der Waals surface area (Å²) in [6.07, 6.45) is 2.27. The van der Waals surface area contributed by atoms with Crippen molar-refractivity contribution in [1.29, 1.82) is 0 Å².